The molecule has 1 unspecified atom stereocenters. The van der Waals surface area contributed by atoms with E-state index in [0.29, 0.717) is 18.1 Å². The number of rotatable bonds is 7. The zero-order valence-corrected chi connectivity index (χ0v) is 13.5. The van der Waals surface area contributed by atoms with Crippen molar-refractivity contribution in [2.24, 2.45) is 11.8 Å². The predicted molar refractivity (Wildman–Crippen MR) is 83.3 cm³/mol. The molecule has 106 valence electrons. The van der Waals surface area contributed by atoms with Crippen LogP contribution in [0.25, 0.3) is 0 Å². The van der Waals surface area contributed by atoms with Gasteiger partial charge in [-0.1, -0.05) is 33.8 Å². The highest BCUT2D eigenvalue weighted by Crippen LogP contribution is 2.40. The molecule has 0 amide bonds. The van der Waals surface area contributed by atoms with Crippen molar-refractivity contribution in [3.63, 3.8) is 0 Å². The van der Waals surface area contributed by atoms with Crippen LogP contribution in [0.15, 0.2) is 24.4 Å². The van der Waals surface area contributed by atoms with E-state index < -0.39 is 0 Å². The monoisotopic (exact) mass is 279 g/mol. The Morgan fingerprint density at radius 1 is 1.32 bits per heavy atom. The topological polar surface area (TPSA) is 30.0 Å². The zero-order chi connectivity index (χ0) is 14.5. The van der Waals surface area contributed by atoms with Gasteiger partial charge in [0.25, 0.3) is 0 Å². The van der Waals surface area contributed by atoms with Crippen molar-refractivity contribution < 1.29 is 4.79 Å². The molecule has 1 atom stereocenters. The average Bonchev–Trinajstić information content (AvgIpc) is 2.37. The number of pyridine rings is 1. The van der Waals surface area contributed by atoms with Gasteiger partial charge in [-0.25, -0.2) is 0 Å². The Bertz CT molecular complexity index is 402. The summed E-state index contributed by atoms with van der Waals surface area (Å²) in [4.78, 5) is 16.6. The molecule has 0 radical (unpaired) electrons. The Balaban J connectivity index is 2.93. The predicted octanol–water partition coefficient (Wildman–Crippen LogP) is 4.30. The van der Waals surface area contributed by atoms with Gasteiger partial charge in [0.15, 0.2) is 0 Å². The highest BCUT2D eigenvalue weighted by atomic mass is 32.2. The summed E-state index contributed by atoms with van der Waals surface area (Å²) >= 11 is 1.85. The third kappa shape index (κ3) is 4.98. The van der Waals surface area contributed by atoms with E-state index in [-0.39, 0.29) is 10.7 Å². The van der Waals surface area contributed by atoms with Crippen molar-refractivity contribution in [3.05, 3.63) is 30.1 Å². The van der Waals surface area contributed by atoms with Crippen molar-refractivity contribution in [3.8, 4) is 0 Å². The van der Waals surface area contributed by atoms with Gasteiger partial charge in [-0.05, 0) is 30.7 Å². The molecular formula is C16H25NOS. The number of carbonyl (C=O) groups is 1. The fourth-order valence-electron chi connectivity index (χ4n) is 1.78. The normalized spacial score (nSPS) is 14.7. The summed E-state index contributed by atoms with van der Waals surface area (Å²) in [7, 11) is 0. The zero-order valence-electron chi connectivity index (χ0n) is 12.6. The van der Waals surface area contributed by atoms with Crippen molar-refractivity contribution >= 4 is 17.5 Å². The fourth-order valence-corrected chi connectivity index (χ4v) is 2.99. The summed E-state index contributed by atoms with van der Waals surface area (Å²) < 4.78 is -0.215. The lowest BCUT2D eigenvalue weighted by Crippen LogP contribution is -2.26. The van der Waals surface area contributed by atoms with Crippen LogP contribution >= 0.6 is 11.8 Å². The quantitative estimate of drug-likeness (QED) is 0.745. The Morgan fingerprint density at radius 3 is 2.47 bits per heavy atom. The number of aromatic nitrogens is 1. The lowest BCUT2D eigenvalue weighted by atomic mass is 9.94. The standard InChI is InChI=1S/C16H25NOS/c1-12(2)11-19-16(5,10-14(18)13(3)4)15-8-6-7-9-17-15/h6-9,12-13H,10-11H2,1-5H3. The van der Waals surface area contributed by atoms with Crippen LogP contribution in [0.5, 0.6) is 0 Å². The van der Waals surface area contributed by atoms with Gasteiger partial charge < -0.3 is 0 Å². The van der Waals surface area contributed by atoms with E-state index in [1.807, 2.05) is 50.0 Å². The van der Waals surface area contributed by atoms with Crippen molar-refractivity contribution in [2.45, 2.75) is 45.8 Å². The molecule has 0 aromatic carbocycles. The summed E-state index contributed by atoms with van der Waals surface area (Å²) in [6.07, 6.45) is 2.36. The first kappa shape index (κ1) is 16.2. The molecule has 0 aliphatic carbocycles. The molecule has 1 heterocycles. The molecule has 0 saturated carbocycles. The van der Waals surface area contributed by atoms with Crippen LogP contribution in [0.3, 0.4) is 0 Å². The molecule has 2 nitrogen and oxygen atoms in total. The number of hydrogen-bond donors (Lipinski definition) is 0. The summed E-state index contributed by atoms with van der Waals surface area (Å²) in [5, 5.41) is 0. The highest BCUT2D eigenvalue weighted by molar-refractivity contribution is 8.00. The fraction of sp³-hybridized carbons (Fsp3) is 0.625. The highest BCUT2D eigenvalue weighted by Gasteiger charge is 2.32. The maximum atomic E-state index is 12.1. The molecule has 0 spiro atoms. The van der Waals surface area contributed by atoms with Gasteiger partial charge in [0.1, 0.15) is 5.78 Å². The molecule has 3 heteroatoms. The molecule has 1 rings (SSSR count). The van der Waals surface area contributed by atoms with Gasteiger partial charge >= 0.3 is 0 Å². The largest absolute Gasteiger partial charge is 0.299 e. The van der Waals surface area contributed by atoms with Crippen LogP contribution in [0.1, 0.15) is 46.7 Å². The lowest BCUT2D eigenvalue weighted by Gasteiger charge is -2.29. The minimum absolute atomic E-state index is 0.0858. The van der Waals surface area contributed by atoms with Gasteiger partial charge in [0.05, 0.1) is 10.4 Å². The number of nitrogens with zero attached hydrogens (tertiary/aromatic N) is 1. The Hall–Kier alpha value is -0.830. The van der Waals surface area contributed by atoms with Gasteiger partial charge in [-0.2, -0.15) is 0 Å². The van der Waals surface area contributed by atoms with E-state index in [2.05, 4.69) is 25.8 Å². The molecule has 0 aliphatic heterocycles. The molecule has 0 bridgehead atoms. The number of thioether (sulfide) groups is 1. The molecule has 0 aliphatic rings. The van der Waals surface area contributed by atoms with Crippen LogP contribution in [0.4, 0.5) is 0 Å². The first-order valence-electron chi connectivity index (χ1n) is 6.93. The van der Waals surface area contributed by atoms with E-state index in [0.717, 1.165) is 11.4 Å². The molecule has 0 fully saturated rings. The van der Waals surface area contributed by atoms with Crippen molar-refractivity contribution in [2.75, 3.05) is 5.75 Å². The summed E-state index contributed by atoms with van der Waals surface area (Å²) in [6, 6.07) is 5.94. The molecular weight excluding hydrogens is 254 g/mol. The molecule has 0 saturated heterocycles. The number of ketones is 1. The second-order valence-electron chi connectivity index (χ2n) is 5.95. The average molecular weight is 279 g/mol. The van der Waals surface area contributed by atoms with Crippen LogP contribution in [-0.2, 0) is 9.54 Å². The molecule has 19 heavy (non-hydrogen) atoms. The van der Waals surface area contributed by atoms with Crippen LogP contribution in [0, 0.1) is 11.8 Å². The molecule has 1 aromatic heterocycles. The number of carbonyl (C=O) groups excluding carboxylic acids is 1. The number of Topliss-reactive ketones (excluding diaryl/α,β-unsaturated/α-hetero) is 1. The summed E-state index contributed by atoms with van der Waals surface area (Å²) in [5.41, 5.74) is 1.01. The number of hydrogen-bond acceptors (Lipinski definition) is 3. The Labute approximate surface area is 121 Å². The third-order valence-corrected chi connectivity index (χ3v) is 4.92. The van der Waals surface area contributed by atoms with Crippen LogP contribution in [0.2, 0.25) is 0 Å². The Kier molecular flexibility index (Phi) is 6.05. The lowest BCUT2D eigenvalue weighted by molar-refractivity contribution is -0.122. The second-order valence-corrected chi connectivity index (χ2v) is 7.47. The maximum absolute atomic E-state index is 12.1. The van der Waals surface area contributed by atoms with Crippen molar-refractivity contribution in [1.29, 1.82) is 0 Å². The van der Waals surface area contributed by atoms with E-state index in [4.69, 9.17) is 0 Å². The van der Waals surface area contributed by atoms with Crippen molar-refractivity contribution in [1.82, 2.24) is 4.98 Å². The van der Waals surface area contributed by atoms with E-state index in [1.54, 1.807) is 0 Å². The van der Waals surface area contributed by atoms with E-state index in [1.165, 1.54) is 0 Å². The van der Waals surface area contributed by atoms with Crippen LogP contribution < -0.4 is 0 Å². The Morgan fingerprint density at radius 2 is 2.00 bits per heavy atom. The first-order valence-corrected chi connectivity index (χ1v) is 7.92. The van der Waals surface area contributed by atoms with E-state index in [9.17, 15) is 4.79 Å². The third-order valence-electron chi connectivity index (χ3n) is 3.10. The summed E-state index contributed by atoms with van der Waals surface area (Å²) in [6.45, 7) is 10.5. The molecule has 1 aromatic rings. The van der Waals surface area contributed by atoms with E-state index >= 15 is 0 Å². The second kappa shape index (κ2) is 7.09. The maximum Gasteiger partial charge on any atom is 0.137 e. The van der Waals surface area contributed by atoms with Crippen LogP contribution in [-0.4, -0.2) is 16.5 Å². The molecule has 0 N–H and O–H groups in total. The van der Waals surface area contributed by atoms with Gasteiger partial charge in [-0.3, -0.25) is 9.78 Å². The first-order chi connectivity index (χ1) is 8.85. The minimum Gasteiger partial charge on any atom is -0.299 e. The van der Waals surface area contributed by atoms with Gasteiger partial charge in [0, 0.05) is 18.5 Å². The summed E-state index contributed by atoms with van der Waals surface area (Å²) in [5.74, 6) is 2.05. The SMILES string of the molecule is CC(C)CSC(C)(CC(=O)C(C)C)c1ccccn1. The smallest absolute Gasteiger partial charge is 0.137 e. The van der Waals surface area contributed by atoms with Gasteiger partial charge in [-0.15, -0.1) is 11.8 Å². The van der Waals surface area contributed by atoms with Gasteiger partial charge in [0.2, 0.25) is 0 Å². The minimum atomic E-state index is -0.215.